The number of aromatic nitrogens is 3. The SMILES string of the molecule is c1ccc(-c2cccc(-n3c4ccccc4c4cc(-c5ccccc5-c5ccc6c(c5)c5ccccc5n6-c5ccccc5)ccc43)n2)cc1. The van der Waals surface area contributed by atoms with Crippen molar-refractivity contribution in [2.24, 2.45) is 0 Å². The summed E-state index contributed by atoms with van der Waals surface area (Å²) in [5.41, 5.74) is 12.8. The third-order valence-corrected chi connectivity index (χ3v) is 9.94. The van der Waals surface area contributed by atoms with E-state index in [1.54, 1.807) is 0 Å². The Hall–Kier alpha value is -6.71. The molecule has 3 nitrogen and oxygen atoms in total. The van der Waals surface area contributed by atoms with E-state index in [1.807, 2.05) is 6.07 Å². The highest BCUT2D eigenvalue weighted by atomic mass is 15.1. The Balaban J connectivity index is 1.13. The van der Waals surface area contributed by atoms with E-state index in [2.05, 4.69) is 191 Å². The molecule has 0 saturated carbocycles. The highest BCUT2D eigenvalue weighted by Crippen LogP contribution is 2.40. The fourth-order valence-electron chi connectivity index (χ4n) is 7.69. The molecule has 0 saturated heterocycles. The molecular weight excluding hydrogens is 607 g/mol. The summed E-state index contributed by atoms with van der Waals surface area (Å²) in [6.07, 6.45) is 0. The van der Waals surface area contributed by atoms with Crippen molar-refractivity contribution in [1.82, 2.24) is 14.1 Å². The molecule has 50 heavy (non-hydrogen) atoms. The minimum absolute atomic E-state index is 0.911. The van der Waals surface area contributed by atoms with Crippen molar-refractivity contribution in [1.29, 1.82) is 0 Å². The van der Waals surface area contributed by atoms with Gasteiger partial charge in [-0.3, -0.25) is 4.57 Å². The molecule has 0 fully saturated rings. The Morgan fingerprint density at radius 2 is 0.820 bits per heavy atom. The van der Waals surface area contributed by atoms with Gasteiger partial charge in [-0.2, -0.15) is 0 Å². The first-order valence-electron chi connectivity index (χ1n) is 17.1. The average Bonchev–Trinajstić information content (AvgIpc) is 3.71. The van der Waals surface area contributed by atoms with Crippen LogP contribution in [0.1, 0.15) is 0 Å². The zero-order chi connectivity index (χ0) is 33.0. The number of pyridine rings is 1. The lowest BCUT2D eigenvalue weighted by atomic mass is 9.93. The summed E-state index contributed by atoms with van der Waals surface area (Å²) in [5.74, 6) is 0.911. The van der Waals surface area contributed by atoms with Crippen LogP contribution in [0.2, 0.25) is 0 Å². The van der Waals surface area contributed by atoms with Crippen LogP contribution < -0.4 is 0 Å². The van der Waals surface area contributed by atoms with Crippen molar-refractivity contribution >= 4 is 43.6 Å². The van der Waals surface area contributed by atoms with Crippen LogP contribution in [0.25, 0.3) is 88.6 Å². The Bertz CT molecular complexity index is 2860. The van der Waals surface area contributed by atoms with Crippen LogP contribution in [0.15, 0.2) is 188 Å². The molecule has 7 aromatic carbocycles. The van der Waals surface area contributed by atoms with E-state index in [0.717, 1.165) is 28.1 Å². The summed E-state index contributed by atoms with van der Waals surface area (Å²) < 4.78 is 4.66. The molecule has 0 aliphatic carbocycles. The predicted octanol–water partition coefficient (Wildman–Crippen LogP) is 12.3. The highest BCUT2D eigenvalue weighted by Gasteiger charge is 2.17. The van der Waals surface area contributed by atoms with Crippen LogP contribution in [-0.4, -0.2) is 14.1 Å². The first-order valence-corrected chi connectivity index (χ1v) is 17.1. The molecule has 0 aliphatic rings. The summed E-state index contributed by atoms with van der Waals surface area (Å²) in [7, 11) is 0. The molecule has 10 aromatic rings. The number of benzene rings is 7. The number of hydrogen-bond donors (Lipinski definition) is 0. The molecular formula is C47H31N3. The van der Waals surface area contributed by atoms with Crippen LogP contribution in [0.3, 0.4) is 0 Å². The predicted molar refractivity (Wildman–Crippen MR) is 209 cm³/mol. The van der Waals surface area contributed by atoms with Gasteiger partial charge in [0, 0.05) is 32.8 Å². The molecule has 0 N–H and O–H groups in total. The summed E-state index contributed by atoms with van der Waals surface area (Å²) in [4.78, 5) is 5.15. The van der Waals surface area contributed by atoms with Crippen molar-refractivity contribution in [2.45, 2.75) is 0 Å². The van der Waals surface area contributed by atoms with E-state index in [0.29, 0.717) is 0 Å². The first-order chi connectivity index (χ1) is 24.8. The minimum Gasteiger partial charge on any atom is -0.309 e. The van der Waals surface area contributed by atoms with Gasteiger partial charge in [-0.1, -0.05) is 127 Å². The standard InChI is InChI=1S/C47H31N3/c1-3-14-32(15-4-1)42-22-13-25-47(48-42)50-44-24-12-10-21-39(44)41-31-34(27-29-46(41)50)37-19-8-7-18-36(37)33-26-28-45-40(30-33)38-20-9-11-23-43(38)49(45)35-16-5-2-6-17-35/h1-31H. The number of para-hydroxylation sites is 3. The minimum atomic E-state index is 0.911. The summed E-state index contributed by atoms with van der Waals surface area (Å²) in [5, 5.41) is 4.93. The number of hydrogen-bond acceptors (Lipinski definition) is 1. The van der Waals surface area contributed by atoms with Gasteiger partial charge in [0.05, 0.1) is 27.8 Å². The maximum absolute atomic E-state index is 5.15. The van der Waals surface area contributed by atoms with Gasteiger partial charge >= 0.3 is 0 Å². The molecule has 0 aliphatic heterocycles. The van der Waals surface area contributed by atoms with E-state index >= 15 is 0 Å². The molecule has 0 amide bonds. The Kier molecular flexibility index (Phi) is 6.49. The second kappa shape index (κ2) is 11.5. The topological polar surface area (TPSA) is 22.8 Å². The molecule has 3 heterocycles. The van der Waals surface area contributed by atoms with Crippen LogP contribution >= 0.6 is 0 Å². The first kappa shape index (κ1) is 28.3. The zero-order valence-electron chi connectivity index (χ0n) is 27.2. The van der Waals surface area contributed by atoms with Crippen molar-refractivity contribution in [3.8, 4) is 45.0 Å². The van der Waals surface area contributed by atoms with Crippen molar-refractivity contribution in [2.75, 3.05) is 0 Å². The van der Waals surface area contributed by atoms with Crippen LogP contribution in [0.5, 0.6) is 0 Å². The number of nitrogens with zero attached hydrogens (tertiary/aromatic N) is 3. The quantitative estimate of drug-likeness (QED) is 0.184. The second-order valence-corrected chi connectivity index (χ2v) is 12.8. The monoisotopic (exact) mass is 637 g/mol. The van der Waals surface area contributed by atoms with E-state index in [1.165, 1.54) is 60.5 Å². The summed E-state index contributed by atoms with van der Waals surface area (Å²) in [6.45, 7) is 0. The smallest absolute Gasteiger partial charge is 0.138 e. The fourth-order valence-corrected chi connectivity index (χ4v) is 7.69. The van der Waals surface area contributed by atoms with Gasteiger partial charge in [0.15, 0.2) is 0 Å². The zero-order valence-corrected chi connectivity index (χ0v) is 27.2. The molecule has 0 spiro atoms. The largest absolute Gasteiger partial charge is 0.309 e. The molecule has 3 aromatic heterocycles. The normalized spacial score (nSPS) is 11.6. The number of rotatable bonds is 5. The van der Waals surface area contributed by atoms with Crippen LogP contribution in [0, 0.1) is 0 Å². The molecule has 0 unspecified atom stereocenters. The van der Waals surface area contributed by atoms with Crippen molar-refractivity contribution in [3.63, 3.8) is 0 Å². The van der Waals surface area contributed by atoms with Gasteiger partial charge in [-0.25, -0.2) is 4.98 Å². The molecule has 0 bridgehead atoms. The van der Waals surface area contributed by atoms with Gasteiger partial charge in [0.25, 0.3) is 0 Å². The van der Waals surface area contributed by atoms with Gasteiger partial charge in [0.1, 0.15) is 5.82 Å². The lowest BCUT2D eigenvalue weighted by molar-refractivity contribution is 1.08. The van der Waals surface area contributed by atoms with Gasteiger partial charge in [-0.15, -0.1) is 0 Å². The molecule has 234 valence electrons. The second-order valence-electron chi connectivity index (χ2n) is 12.8. The molecule has 10 rings (SSSR count). The average molecular weight is 638 g/mol. The van der Waals surface area contributed by atoms with Crippen molar-refractivity contribution in [3.05, 3.63) is 188 Å². The fraction of sp³-hybridized carbons (Fsp3) is 0. The molecule has 0 atom stereocenters. The Labute approximate surface area is 290 Å². The molecule has 3 heteroatoms. The van der Waals surface area contributed by atoms with Gasteiger partial charge in [0.2, 0.25) is 0 Å². The summed E-state index contributed by atoms with van der Waals surface area (Å²) >= 11 is 0. The maximum atomic E-state index is 5.15. The highest BCUT2D eigenvalue weighted by molar-refractivity contribution is 6.12. The lowest BCUT2D eigenvalue weighted by Gasteiger charge is -2.12. The van der Waals surface area contributed by atoms with Gasteiger partial charge in [-0.05, 0) is 82.9 Å². The summed E-state index contributed by atoms with van der Waals surface area (Å²) in [6, 6.07) is 67.3. The van der Waals surface area contributed by atoms with Crippen LogP contribution in [-0.2, 0) is 0 Å². The lowest BCUT2D eigenvalue weighted by Crippen LogP contribution is -1.98. The van der Waals surface area contributed by atoms with E-state index in [4.69, 9.17) is 4.98 Å². The van der Waals surface area contributed by atoms with Crippen molar-refractivity contribution < 1.29 is 0 Å². The van der Waals surface area contributed by atoms with Crippen LogP contribution in [0.4, 0.5) is 0 Å². The van der Waals surface area contributed by atoms with E-state index in [9.17, 15) is 0 Å². The number of fused-ring (bicyclic) bond motifs is 6. The molecule has 0 radical (unpaired) electrons. The van der Waals surface area contributed by atoms with E-state index in [-0.39, 0.29) is 0 Å². The maximum Gasteiger partial charge on any atom is 0.138 e. The van der Waals surface area contributed by atoms with Gasteiger partial charge < -0.3 is 4.57 Å². The third-order valence-electron chi connectivity index (χ3n) is 9.94. The Morgan fingerprint density at radius 3 is 1.46 bits per heavy atom. The van der Waals surface area contributed by atoms with E-state index < -0.39 is 0 Å². The Morgan fingerprint density at radius 1 is 0.320 bits per heavy atom. The third kappa shape index (κ3) is 4.48.